The number of benzene rings is 1. The Morgan fingerprint density at radius 1 is 1.33 bits per heavy atom. The smallest absolute Gasteiger partial charge is 0.309 e. The summed E-state index contributed by atoms with van der Waals surface area (Å²) in [6.45, 7) is -0.454. The van der Waals surface area contributed by atoms with Crippen molar-refractivity contribution >= 4 is 33.2 Å². The lowest BCUT2D eigenvalue weighted by molar-refractivity contribution is -0.137. The van der Waals surface area contributed by atoms with Gasteiger partial charge >= 0.3 is 6.18 Å². The molecule has 2 rings (SSSR count). The summed E-state index contributed by atoms with van der Waals surface area (Å²) >= 11 is 5.77. The van der Waals surface area contributed by atoms with Gasteiger partial charge in [-0.2, -0.15) is 13.2 Å². The van der Waals surface area contributed by atoms with Crippen molar-refractivity contribution in [3.63, 3.8) is 0 Å². The van der Waals surface area contributed by atoms with Crippen LogP contribution in [-0.2, 0) is 21.0 Å². The third-order valence-electron chi connectivity index (χ3n) is 3.12. The number of carbonyl (C=O) groups is 1. The van der Waals surface area contributed by atoms with E-state index in [1.807, 2.05) is 0 Å². The monoisotopic (exact) mass is 342 g/mol. The standard InChI is InChI=1S/C11H10ClF3N2O3S/c12-8-3-1-2-7(11(13,14)15)10(8)17-5-6(4-9(17)18)21(16,19)20/h1-3,6H,4-5H2,(H2,16,19,20). The molecule has 1 unspecified atom stereocenters. The molecule has 1 aliphatic heterocycles. The first-order valence-electron chi connectivity index (χ1n) is 5.69. The van der Waals surface area contributed by atoms with Crippen molar-refractivity contribution in [1.82, 2.24) is 0 Å². The molecule has 1 amide bonds. The van der Waals surface area contributed by atoms with E-state index in [-0.39, 0.29) is 5.02 Å². The van der Waals surface area contributed by atoms with Gasteiger partial charge in [-0.25, -0.2) is 13.6 Å². The minimum atomic E-state index is -4.72. The highest BCUT2D eigenvalue weighted by Gasteiger charge is 2.42. The van der Waals surface area contributed by atoms with Crippen molar-refractivity contribution in [2.24, 2.45) is 5.14 Å². The SMILES string of the molecule is NS(=O)(=O)C1CC(=O)N(c2c(Cl)cccc2C(F)(F)F)C1. The summed E-state index contributed by atoms with van der Waals surface area (Å²) in [7, 11) is -4.02. The first-order chi connectivity index (χ1) is 9.51. The molecule has 0 bridgehead atoms. The molecule has 1 fully saturated rings. The number of sulfonamides is 1. The summed E-state index contributed by atoms with van der Waals surface area (Å²) in [4.78, 5) is 12.6. The Morgan fingerprint density at radius 2 is 1.95 bits per heavy atom. The summed E-state index contributed by atoms with van der Waals surface area (Å²) in [6, 6.07) is 3.08. The number of hydrogen-bond acceptors (Lipinski definition) is 3. The van der Waals surface area contributed by atoms with Crippen molar-refractivity contribution in [3.8, 4) is 0 Å². The van der Waals surface area contributed by atoms with Crippen LogP contribution in [0.25, 0.3) is 0 Å². The zero-order valence-electron chi connectivity index (χ0n) is 10.4. The molecule has 1 aromatic rings. The summed E-state index contributed by atoms with van der Waals surface area (Å²) < 4.78 is 61.5. The molecule has 1 heterocycles. The van der Waals surface area contributed by atoms with Gasteiger partial charge in [0.2, 0.25) is 15.9 Å². The number of alkyl halides is 3. The fourth-order valence-corrected chi connectivity index (χ4v) is 3.14. The molecule has 5 nitrogen and oxygen atoms in total. The third kappa shape index (κ3) is 3.14. The van der Waals surface area contributed by atoms with Gasteiger partial charge in [0.1, 0.15) is 5.25 Å². The quantitative estimate of drug-likeness (QED) is 0.889. The van der Waals surface area contributed by atoms with Gasteiger partial charge in [0.25, 0.3) is 0 Å². The maximum atomic E-state index is 13.0. The number of rotatable bonds is 2. The highest BCUT2D eigenvalue weighted by atomic mass is 35.5. The van der Waals surface area contributed by atoms with Gasteiger partial charge in [0, 0.05) is 13.0 Å². The average Bonchev–Trinajstić information content (AvgIpc) is 2.69. The lowest BCUT2D eigenvalue weighted by atomic mass is 10.1. The Kier molecular flexibility index (Phi) is 3.94. The van der Waals surface area contributed by atoms with Gasteiger partial charge in [0.05, 0.1) is 16.3 Å². The number of primary sulfonamides is 1. The molecule has 0 aromatic heterocycles. The van der Waals surface area contributed by atoms with Crippen molar-refractivity contribution in [2.75, 3.05) is 11.4 Å². The zero-order chi connectivity index (χ0) is 16.0. The van der Waals surface area contributed by atoms with Crippen LogP contribution in [-0.4, -0.2) is 26.1 Å². The Balaban J connectivity index is 2.51. The first kappa shape index (κ1) is 16.1. The fourth-order valence-electron chi connectivity index (χ4n) is 2.13. The molecule has 21 heavy (non-hydrogen) atoms. The molecule has 0 spiro atoms. The van der Waals surface area contributed by atoms with Crippen LogP contribution in [0.15, 0.2) is 18.2 Å². The number of amides is 1. The second kappa shape index (κ2) is 5.15. The van der Waals surface area contributed by atoms with E-state index in [1.54, 1.807) is 0 Å². The topological polar surface area (TPSA) is 80.5 Å². The molecule has 0 aliphatic carbocycles. The second-order valence-corrected chi connectivity index (χ2v) is 6.81. The van der Waals surface area contributed by atoms with Crippen LogP contribution in [0, 0.1) is 0 Å². The van der Waals surface area contributed by atoms with E-state index in [0.717, 1.165) is 17.0 Å². The van der Waals surface area contributed by atoms with Gasteiger partial charge in [-0.05, 0) is 12.1 Å². The van der Waals surface area contributed by atoms with Crippen LogP contribution in [0.1, 0.15) is 12.0 Å². The number of anilines is 1. The Bertz CT molecular complexity index is 690. The van der Waals surface area contributed by atoms with Gasteiger partial charge in [-0.15, -0.1) is 0 Å². The lowest BCUT2D eigenvalue weighted by Gasteiger charge is -2.22. The number of nitrogens with two attached hydrogens (primary N) is 1. The number of hydrogen-bond donors (Lipinski definition) is 1. The van der Waals surface area contributed by atoms with E-state index >= 15 is 0 Å². The first-order valence-corrected chi connectivity index (χ1v) is 7.68. The van der Waals surface area contributed by atoms with E-state index in [2.05, 4.69) is 0 Å². The molecule has 1 saturated heterocycles. The zero-order valence-corrected chi connectivity index (χ0v) is 12.0. The molecule has 10 heteroatoms. The number of halogens is 4. The van der Waals surface area contributed by atoms with Crippen LogP contribution in [0.4, 0.5) is 18.9 Å². The molecule has 1 atom stereocenters. The summed E-state index contributed by atoms with van der Waals surface area (Å²) in [6.07, 6.45) is -5.19. The minimum absolute atomic E-state index is 0.284. The van der Waals surface area contributed by atoms with Gasteiger partial charge in [-0.3, -0.25) is 4.79 Å². The lowest BCUT2D eigenvalue weighted by Crippen LogP contribution is -2.33. The summed E-state index contributed by atoms with van der Waals surface area (Å²) in [5.41, 5.74) is -1.64. The molecule has 1 aromatic carbocycles. The molecule has 1 aliphatic rings. The Morgan fingerprint density at radius 3 is 2.43 bits per heavy atom. The minimum Gasteiger partial charge on any atom is -0.309 e. The van der Waals surface area contributed by atoms with E-state index in [0.29, 0.717) is 0 Å². The van der Waals surface area contributed by atoms with Gasteiger partial charge in [-0.1, -0.05) is 17.7 Å². The highest BCUT2D eigenvalue weighted by Crippen LogP contribution is 2.42. The number of carbonyl (C=O) groups excluding carboxylic acids is 1. The third-order valence-corrected chi connectivity index (χ3v) is 4.67. The number of nitrogens with zero attached hydrogens (tertiary/aromatic N) is 1. The van der Waals surface area contributed by atoms with Crippen molar-refractivity contribution < 1.29 is 26.4 Å². The predicted octanol–water partition coefficient (Wildman–Crippen LogP) is 1.75. The van der Waals surface area contributed by atoms with Crippen molar-refractivity contribution in [1.29, 1.82) is 0 Å². The normalized spacial score (nSPS) is 20.1. The molecule has 2 N–H and O–H groups in total. The Labute approximate surface area is 123 Å². The highest BCUT2D eigenvalue weighted by molar-refractivity contribution is 7.89. The van der Waals surface area contributed by atoms with E-state index in [4.69, 9.17) is 16.7 Å². The largest absolute Gasteiger partial charge is 0.418 e. The fraction of sp³-hybridized carbons (Fsp3) is 0.364. The molecular weight excluding hydrogens is 333 g/mol. The predicted molar refractivity (Wildman–Crippen MR) is 70.3 cm³/mol. The molecule has 0 saturated carbocycles. The Hall–Kier alpha value is -1.32. The molecule has 0 radical (unpaired) electrons. The second-order valence-electron chi connectivity index (χ2n) is 4.55. The summed E-state index contributed by atoms with van der Waals surface area (Å²) in [5.74, 6) is -0.771. The molecule has 116 valence electrons. The van der Waals surface area contributed by atoms with Crippen molar-refractivity contribution in [3.05, 3.63) is 28.8 Å². The van der Waals surface area contributed by atoms with Crippen LogP contribution >= 0.6 is 11.6 Å². The van der Waals surface area contributed by atoms with Crippen LogP contribution in [0.2, 0.25) is 5.02 Å². The van der Waals surface area contributed by atoms with Crippen molar-refractivity contribution in [2.45, 2.75) is 17.8 Å². The van der Waals surface area contributed by atoms with E-state index in [9.17, 15) is 26.4 Å². The average molecular weight is 343 g/mol. The summed E-state index contributed by atoms with van der Waals surface area (Å²) in [5, 5.41) is 3.41. The maximum absolute atomic E-state index is 13.0. The number of para-hydroxylation sites is 1. The van der Waals surface area contributed by atoms with E-state index < -0.39 is 51.6 Å². The van der Waals surface area contributed by atoms with E-state index in [1.165, 1.54) is 6.07 Å². The maximum Gasteiger partial charge on any atom is 0.418 e. The van der Waals surface area contributed by atoms with Crippen LogP contribution in [0.5, 0.6) is 0 Å². The molecular formula is C11H10ClF3N2O3S. The van der Waals surface area contributed by atoms with Crippen LogP contribution in [0.3, 0.4) is 0 Å². The van der Waals surface area contributed by atoms with Gasteiger partial charge in [0.15, 0.2) is 0 Å². The van der Waals surface area contributed by atoms with Gasteiger partial charge < -0.3 is 4.90 Å². The van der Waals surface area contributed by atoms with Crippen LogP contribution < -0.4 is 10.0 Å².